The van der Waals surface area contributed by atoms with Crippen molar-refractivity contribution in [3.05, 3.63) is 59.0 Å². The van der Waals surface area contributed by atoms with Crippen LogP contribution < -0.4 is 14.8 Å². The molecule has 0 amide bonds. The van der Waals surface area contributed by atoms with Crippen LogP contribution >= 0.6 is 0 Å². The highest BCUT2D eigenvalue weighted by atomic mass is 16.5. The lowest BCUT2D eigenvalue weighted by Gasteiger charge is -2.28. The van der Waals surface area contributed by atoms with Crippen molar-refractivity contribution in [2.24, 2.45) is 5.92 Å². The quantitative estimate of drug-likeness (QED) is 0.584. The highest BCUT2D eigenvalue weighted by molar-refractivity contribution is 6.15. The van der Waals surface area contributed by atoms with E-state index in [1.165, 1.54) is 12.8 Å². The van der Waals surface area contributed by atoms with Crippen LogP contribution in [0.2, 0.25) is 0 Å². The van der Waals surface area contributed by atoms with Gasteiger partial charge >= 0.3 is 0 Å². The first-order valence-electron chi connectivity index (χ1n) is 11.4. The van der Waals surface area contributed by atoms with Gasteiger partial charge in [0.15, 0.2) is 5.76 Å². The van der Waals surface area contributed by atoms with Crippen molar-refractivity contribution in [1.29, 1.82) is 0 Å². The maximum atomic E-state index is 13.2. The van der Waals surface area contributed by atoms with E-state index in [0.29, 0.717) is 35.2 Å². The third-order valence-corrected chi connectivity index (χ3v) is 6.43. The average molecular weight is 431 g/mol. The number of ether oxygens (including phenoxy) is 2. The average Bonchev–Trinajstić information content (AvgIpc) is 3.49. The first-order valence-corrected chi connectivity index (χ1v) is 11.4. The molecule has 2 aromatic carbocycles. The molecule has 1 saturated carbocycles. The Labute approximate surface area is 186 Å². The van der Waals surface area contributed by atoms with Gasteiger partial charge in [0.1, 0.15) is 11.5 Å². The molecule has 2 N–H and O–H groups in total. The number of allylic oxidation sites excluding steroid dienone is 1. The summed E-state index contributed by atoms with van der Waals surface area (Å²) in [5.74, 6) is 2.31. The number of carbonyl (C=O) groups excluding carboxylic acids is 1. The Balaban J connectivity index is 1.35. The summed E-state index contributed by atoms with van der Waals surface area (Å²) < 4.78 is 12.4. The number of benzene rings is 2. The lowest BCUT2D eigenvalue weighted by molar-refractivity contribution is 0.101. The van der Waals surface area contributed by atoms with Crippen LogP contribution in [0.1, 0.15) is 34.5 Å². The molecule has 6 rings (SSSR count). The molecule has 7 heteroatoms. The fourth-order valence-electron chi connectivity index (χ4n) is 4.38. The van der Waals surface area contributed by atoms with Gasteiger partial charge in [-0.05, 0) is 37.0 Å². The van der Waals surface area contributed by atoms with E-state index < -0.39 is 0 Å². The minimum Gasteiger partial charge on any atom is -0.493 e. The summed E-state index contributed by atoms with van der Waals surface area (Å²) in [5, 5.41) is 11.7. The molecule has 3 heterocycles. The number of aromatic nitrogens is 2. The number of H-pyrrole nitrogens is 1. The molecule has 2 fully saturated rings. The second kappa shape index (κ2) is 8.07. The molecule has 1 aromatic heterocycles. The highest BCUT2D eigenvalue weighted by Gasteiger charge is 2.33. The number of piperazine rings is 1. The monoisotopic (exact) mass is 430 g/mol. The number of aromatic amines is 1. The Morgan fingerprint density at radius 2 is 2.00 bits per heavy atom. The summed E-state index contributed by atoms with van der Waals surface area (Å²) in [4.78, 5) is 15.6. The van der Waals surface area contributed by atoms with Gasteiger partial charge < -0.3 is 14.8 Å². The minimum atomic E-state index is -0.109. The summed E-state index contributed by atoms with van der Waals surface area (Å²) in [5.41, 5.74) is 3.19. The number of ketones is 1. The Hall–Kier alpha value is -3.16. The molecule has 164 valence electrons. The van der Waals surface area contributed by atoms with Crippen molar-refractivity contribution in [1.82, 2.24) is 20.4 Å². The lowest BCUT2D eigenvalue weighted by Crippen LogP contribution is -2.43. The van der Waals surface area contributed by atoms with Crippen molar-refractivity contribution in [3.8, 4) is 11.5 Å². The maximum absolute atomic E-state index is 13.2. The third-order valence-electron chi connectivity index (χ3n) is 6.43. The van der Waals surface area contributed by atoms with E-state index in [1.807, 2.05) is 36.4 Å². The first kappa shape index (κ1) is 19.5. The molecule has 3 aliphatic rings. The van der Waals surface area contributed by atoms with Crippen LogP contribution in [0, 0.1) is 5.92 Å². The van der Waals surface area contributed by atoms with Crippen LogP contribution in [0.3, 0.4) is 0 Å². The molecular weight excluding hydrogens is 404 g/mol. The van der Waals surface area contributed by atoms with E-state index in [1.54, 1.807) is 6.08 Å². The lowest BCUT2D eigenvalue weighted by atomic mass is 10.0. The third kappa shape index (κ3) is 3.67. The summed E-state index contributed by atoms with van der Waals surface area (Å²) in [6.45, 7) is 5.28. The standard InChI is InChI=1S/C25H26N4O3/c30-24-18-7-8-22(31-15-16-5-6-16)19(14-29-11-9-26-10-12-29)25(18)32-23(24)13-21-17-3-1-2-4-20(17)27-28-21/h1-4,7-8,13,16,26H,5-6,9-12,14-15H2,(H,27,28). The van der Waals surface area contributed by atoms with E-state index >= 15 is 0 Å². The zero-order valence-corrected chi connectivity index (χ0v) is 17.9. The number of hydrogen-bond acceptors (Lipinski definition) is 6. The van der Waals surface area contributed by atoms with E-state index in [9.17, 15) is 4.79 Å². The summed E-state index contributed by atoms with van der Waals surface area (Å²) in [6.07, 6.45) is 4.20. The molecule has 0 unspecified atom stereocenters. The molecule has 3 aromatic rings. The molecule has 1 saturated heterocycles. The minimum absolute atomic E-state index is 0.109. The van der Waals surface area contributed by atoms with Crippen molar-refractivity contribution < 1.29 is 14.3 Å². The highest BCUT2D eigenvalue weighted by Crippen LogP contribution is 2.41. The van der Waals surface area contributed by atoms with Gasteiger partial charge in [-0.1, -0.05) is 18.2 Å². The topological polar surface area (TPSA) is 79.5 Å². The van der Waals surface area contributed by atoms with Crippen LogP contribution in [0.25, 0.3) is 17.0 Å². The summed E-state index contributed by atoms with van der Waals surface area (Å²) in [6, 6.07) is 11.6. The zero-order valence-electron chi connectivity index (χ0n) is 17.9. The van der Waals surface area contributed by atoms with Crippen LogP contribution in [-0.4, -0.2) is 53.7 Å². The molecule has 2 aliphatic heterocycles. The second-order valence-electron chi connectivity index (χ2n) is 8.79. The number of Topliss-reactive ketones (excluding diaryl/α,β-unsaturated/α-hetero) is 1. The molecule has 0 atom stereocenters. The fourth-order valence-corrected chi connectivity index (χ4v) is 4.38. The van der Waals surface area contributed by atoms with Gasteiger partial charge in [-0.2, -0.15) is 5.10 Å². The summed E-state index contributed by atoms with van der Waals surface area (Å²) in [7, 11) is 0. The number of rotatable bonds is 6. The molecule has 0 bridgehead atoms. The fraction of sp³-hybridized carbons (Fsp3) is 0.360. The van der Waals surface area contributed by atoms with Gasteiger partial charge in [-0.3, -0.25) is 14.8 Å². The Morgan fingerprint density at radius 3 is 2.84 bits per heavy atom. The number of nitrogens with one attached hydrogen (secondary N) is 2. The van der Waals surface area contributed by atoms with E-state index in [-0.39, 0.29) is 5.78 Å². The van der Waals surface area contributed by atoms with Crippen molar-refractivity contribution in [2.75, 3.05) is 32.8 Å². The van der Waals surface area contributed by atoms with Gasteiger partial charge in [0.2, 0.25) is 5.78 Å². The summed E-state index contributed by atoms with van der Waals surface area (Å²) >= 11 is 0. The number of hydrogen-bond donors (Lipinski definition) is 2. The van der Waals surface area contributed by atoms with Gasteiger partial charge in [0.25, 0.3) is 0 Å². The van der Waals surface area contributed by atoms with Gasteiger partial charge in [-0.25, -0.2) is 0 Å². The van der Waals surface area contributed by atoms with E-state index in [4.69, 9.17) is 9.47 Å². The van der Waals surface area contributed by atoms with E-state index in [2.05, 4.69) is 20.4 Å². The maximum Gasteiger partial charge on any atom is 0.232 e. The molecule has 0 radical (unpaired) electrons. The van der Waals surface area contributed by atoms with Crippen LogP contribution in [0.15, 0.2) is 42.2 Å². The smallest absolute Gasteiger partial charge is 0.232 e. The first-order chi connectivity index (χ1) is 15.8. The zero-order chi connectivity index (χ0) is 21.5. The Kier molecular flexibility index (Phi) is 4.92. The van der Waals surface area contributed by atoms with Crippen LogP contribution in [0.5, 0.6) is 11.5 Å². The van der Waals surface area contributed by atoms with Crippen LogP contribution in [0.4, 0.5) is 0 Å². The number of fused-ring (bicyclic) bond motifs is 2. The van der Waals surface area contributed by atoms with Crippen molar-refractivity contribution in [3.63, 3.8) is 0 Å². The Morgan fingerprint density at radius 1 is 1.16 bits per heavy atom. The number of para-hydroxylation sites is 1. The van der Waals surface area contributed by atoms with Crippen molar-refractivity contribution >= 4 is 22.8 Å². The van der Waals surface area contributed by atoms with Crippen molar-refractivity contribution in [2.45, 2.75) is 19.4 Å². The Bertz CT molecular complexity index is 1210. The van der Waals surface area contributed by atoms with Gasteiger partial charge in [0, 0.05) is 44.2 Å². The second-order valence-corrected chi connectivity index (χ2v) is 8.79. The molecule has 1 aliphatic carbocycles. The number of nitrogens with zero attached hydrogens (tertiary/aromatic N) is 2. The predicted molar refractivity (Wildman–Crippen MR) is 122 cm³/mol. The SMILES string of the molecule is O=C1C(=Cc2n[nH]c3ccccc23)Oc2c1ccc(OCC1CC1)c2CN1CCNCC1. The van der Waals surface area contributed by atoms with Crippen LogP contribution in [-0.2, 0) is 6.54 Å². The molecule has 32 heavy (non-hydrogen) atoms. The largest absolute Gasteiger partial charge is 0.493 e. The molecular formula is C25H26N4O3. The molecule has 0 spiro atoms. The van der Waals surface area contributed by atoms with Gasteiger partial charge in [-0.15, -0.1) is 0 Å². The predicted octanol–water partition coefficient (Wildman–Crippen LogP) is 3.37. The van der Waals surface area contributed by atoms with E-state index in [0.717, 1.165) is 55.0 Å². The normalized spacial score (nSPS) is 20.0. The number of carbonyl (C=O) groups is 1. The van der Waals surface area contributed by atoms with Gasteiger partial charge in [0.05, 0.1) is 28.9 Å². The molecule has 7 nitrogen and oxygen atoms in total.